The highest BCUT2D eigenvalue weighted by molar-refractivity contribution is 9.10. The SMILES string of the molecule is CN(Cc1c(Br)cnn1C)C(=S)Nc1ccn(Cc2ccccc2Cl)n1. The van der Waals surface area contributed by atoms with Gasteiger partial charge in [-0.2, -0.15) is 10.2 Å². The van der Waals surface area contributed by atoms with E-state index >= 15 is 0 Å². The van der Waals surface area contributed by atoms with Gasteiger partial charge in [-0.25, -0.2) is 0 Å². The van der Waals surface area contributed by atoms with Gasteiger partial charge in [0, 0.05) is 31.4 Å². The Labute approximate surface area is 170 Å². The van der Waals surface area contributed by atoms with Gasteiger partial charge in [-0.05, 0) is 39.8 Å². The summed E-state index contributed by atoms with van der Waals surface area (Å²) in [6, 6.07) is 9.62. The van der Waals surface area contributed by atoms with Crippen molar-refractivity contribution in [2.24, 2.45) is 7.05 Å². The van der Waals surface area contributed by atoms with Crippen molar-refractivity contribution >= 4 is 50.7 Å². The molecule has 1 aromatic carbocycles. The van der Waals surface area contributed by atoms with Crippen molar-refractivity contribution in [3.05, 3.63) is 63.5 Å². The Morgan fingerprint density at radius 3 is 2.81 bits per heavy atom. The first-order valence-corrected chi connectivity index (χ1v) is 9.47. The number of anilines is 1. The number of aryl methyl sites for hydroxylation is 1. The summed E-state index contributed by atoms with van der Waals surface area (Å²) in [4.78, 5) is 1.93. The summed E-state index contributed by atoms with van der Waals surface area (Å²) in [7, 11) is 3.83. The number of rotatable bonds is 5. The van der Waals surface area contributed by atoms with E-state index in [2.05, 4.69) is 31.4 Å². The first kappa shape index (κ1) is 18.9. The molecule has 3 aromatic rings. The molecule has 0 saturated heterocycles. The predicted molar refractivity (Wildman–Crippen MR) is 111 cm³/mol. The van der Waals surface area contributed by atoms with Gasteiger partial charge in [-0.1, -0.05) is 29.8 Å². The van der Waals surface area contributed by atoms with Crippen molar-refractivity contribution in [3.8, 4) is 0 Å². The fraction of sp³-hybridized carbons (Fsp3) is 0.235. The minimum absolute atomic E-state index is 0.584. The van der Waals surface area contributed by atoms with E-state index in [9.17, 15) is 0 Å². The van der Waals surface area contributed by atoms with Gasteiger partial charge in [0.2, 0.25) is 0 Å². The standard InChI is InChI=1S/C17H18BrClN6S/c1-23(11-15-13(18)9-20-24(15)2)17(26)21-16-7-8-25(22-16)10-12-5-3-4-6-14(12)19/h3-9H,10-11H2,1-2H3,(H,21,22,26). The molecule has 0 aliphatic rings. The average Bonchev–Trinajstić information content (AvgIpc) is 3.18. The lowest BCUT2D eigenvalue weighted by Crippen LogP contribution is -2.31. The lowest BCUT2D eigenvalue weighted by atomic mass is 10.2. The summed E-state index contributed by atoms with van der Waals surface area (Å²) in [5.41, 5.74) is 2.06. The molecule has 2 aromatic heterocycles. The van der Waals surface area contributed by atoms with Gasteiger partial charge in [-0.15, -0.1) is 0 Å². The largest absolute Gasteiger partial charge is 0.346 e. The smallest absolute Gasteiger partial charge is 0.174 e. The lowest BCUT2D eigenvalue weighted by Gasteiger charge is -2.20. The van der Waals surface area contributed by atoms with E-state index in [1.807, 2.05) is 64.9 Å². The quantitative estimate of drug-likeness (QED) is 0.594. The van der Waals surface area contributed by atoms with Crippen LogP contribution < -0.4 is 5.32 Å². The maximum absolute atomic E-state index is 6.20. The second-order valence-corrected chi connectivity index (χ2v) is 7.49. The lowest BCUT2D eigenvalue weighted by molar-refractivity contribution is 0.481. The molecule has 2 heterocycles. The summed E-state index contributed by atoms with van der Waals surface area (Å²) in [6.07, 6.45) is 3.67. The summed E-state index contributed by atoms with van der Waals surface area (Å²) < 4.78 is 4.60. The van der Waals surface area contributed by atoms with Crippen LogP contribution in [0.25, 0.3) is 0 Å². The van der Waals surface area contributed by atoms with E-state index in [4.69, 9.17) is 23.8 Å². The third-order valence-electron chi connectivity index (χ3n) is 3.91. The molecule has 0 aliphatic heterocycles. The molecule has 0 bridgehead atoms. The first-order valence-electron chi connectivity index (χ1n) is 7.89. The van der Waals surface area contributed by atoms with E-state index in [0.29, 0.717) is 24.0 Å². The zero-order chi connectivity index (χ0) is 18.7. The number of thiocarbonyl (C=S) groups is 1. The van der Waals surface area contributed by atoms with Gasteiger partial charge in [0.25, 0.3) is 0 Å². The molecule has 26 heavy (non-hydrogen) atoms. The molecule has 0 unspecified atom stereocenters. The van der Waals surface area contributed by atoms with Crippen LogP contribution in [-0.4, -0.2) is 36.6 Å². The average molecular weight is 454 g/mol. The number of benzene rings is 1. The Hall–Kier alpha value is -1.90. The maximum atomic E-state index is 6.20. The highest BCUT2D eigenvalue weighted by Gasteiger charge is 2.12. The third kappa shape index (κ3) is 4.44. The molecular formula is C17H18BrClN6S. The minimum Gasteiger partial charge on any atom is -0.346 e. The summed E-state index contributed by atoms with van der Waals surface area (Å²) >= 11 is 15.2. The molecule has 0 saturated carbocycles. The van der Waals surface area contributed by atoms with E-state index in [1.165, 1.54) is 0 Å². The molecule has 6 nitrogen and oxygen atoms in total. The fourth-order valence-corrected chi connectivity index (χ4v) is 3.27. The van der Waals surface area contributed by atoms with Crippen molar-refractivity contribution in [2.75, 3.05) is 12.4 Å². The minimum atomic E-state index is 0.584. The zero-order valence-electron chi connectivity index (χ0n) is 14.4. The number of aromatic nitrogens is 4. The first-order chi connectivity index (χ1) is 12.4. The Morgan fingerprint density at radius 2 is 2.12 bits per heavy atom. The van der Waals surface area contributed by atoms with Crippen LogP contribution in [0.1, 0.15) is 11.3 Å². The number of hydrogen-bond donors (Lipinski definition) is 1. The van der Waals surface area contributed by atoms with Crippen LogP contribution in [0.2, 0.25) is 5.02 Å². The Bertz CT molecular complexity index is 902. The topological polar surface area (TPSA) is 50.9 Å². The molecule has 0 radical (unpaired) electrons. The number of halogens is 2. The van der Waals surface area contributed by atoms with Gasteiger partial charge in [-0.3, -0.25) is 9.36 Å². The highest BCUT2D eigenvalue weighted by atomic mass is 79.9. The summed E-state index contributed by atoms with van der Waals surface area (Å²) in [6.45, 7) is 1.23. The number of hydrogen-bond acceptors (Lipinski definition) is 3. The molecule has 0 aliphatic carbocycles. The van der Waals surface area contributed by atoms with Crippen molar-refractivity contribution in [1.82, 2.24) is 24.5 Å². The van der Waals surface area contributed by atoms with Crippen molar-refractivity contribution in [3.63, 3.8) is 0 Å². The van der Waals surface area contributed by atoms with Crippen molar-refractivity contribution < 1.29 is 0 Å². The Morgan fingerprint density at radius 1 is 1.35 bits per heavy atom. The van der Waals surface area contributed by atoms with Gasteiger partial charge >= 0.3 is 0 Å². The van der Waals surface area contributed by atoms with E-state index in [1.54, 1.807) is 6.20 Å². The molecule has 0 amide bonds. The number of nitrogens with zero attached hydrogens (tertiary/aromatic N) is 5. The van der Waals surface area contributed by atoms with Crippen molar-refractivity contribution in [2.45, 2.75) is 13.1 Å². The Kier molecular flexibility index (Phi) is 5.95. The van der Waals surface area contributed by atoms with Crippen LogP contribution in [0.15, 0.2) is 47.2 Å². The van der Waals surface area contributed by atoms with Gasteiger partial charge in [0.05, 0.1) is 29.5 Å². The fourth-order valence-electron chi connectivity index (χ4n) is 2.43. The van der Waals surface area contributed by atoms with Crippen LogP contribution in [-0.2, 0) is 20.1 Å². The second kappa shape index (κ2) is 8.20. The van der Waals surface area contributed by atoms with E-state index in [-0.39, 0.29) is 0 Å². The molecule has 9 heteroatoms. The molecular weight excluding hydrogens is 436 g/mol. The molecule has 1 N–H and O–H groups in total. The monoisotopic (exact) mass is 452 g/mol. The third-order valence-corrected chi connectivity index (χ3v) is 5.35. The summed E-state index contributed by atoms with van der Waals surface area (Å²) in [5.74, 6) is 0.693. The zero-order valence-corrected chi connectivity index (χ0v) is 17.5. The van der Waals surface area contributed by atoms with E-state index in [0.717, 1.165) is 20.8 Å². The Balaban J connectivity index is 1.61. The molecule has 3 rings (SSSR count). The summed E-state index contributed by atoms with van der Waals surface area (Å²) in [5, 5.41) is 13.2. The van der Waals surface area contributed by atoms with Gasteiger partial charge < -0.3 is 10.2 Å². The molecule has 136 valence electrons. The maximum Gasteiger partial charge on any atom is 0.174 e. The second-order valence-electron chi connectivity index (χ2n) is 5.84. The number of nitrogens with one attached hydrogen (secondary N) is 1. The van der Waals surface area contributed by atoms with Crippen LogP contribution in [0.4, 0.5) is 5.82 Å². The van der Waals surface area contributed by atoms with Crippen LogP contribution in [0.3, 0.4) is 0 Å². The van der Waals surface area contributed by atoms with E-state index < -0.39 is 0 Å². The normalized spacial score (nSPS) is 10.8. The highest BCUT2D eigenvalue weighted by Crippen LogP contribution is 2.18. The molecule has 0 spiro atoms. The van der Waals surface area contributed by atoms with Crippen molar-refractivity contribution in [1.29, 1.82) is 0 Å². The van der Waals surface area contributed by atoms with Gasteiger partial charge in [0.1, 0.15) is 0 Å². The van der Waals surface area contributed by atoms with Gasteiger partial charge in [0.15, 0.2) is 10.9 Å². The molecule has 0 fully saturated rings. The van der Waals surface area contributed by atoms with Crippen LogP contribution in [0.5, 0.6) is 0 Å². The predicted octanol–water partition coefficient (Wildman–Crippen LogP) is 3.91. The van der Waals surface area contributed by atoms with Crippen LogP contribution in [0, 0.1) is 0 Å². The van der Waals surface area contributed by atoms with Crippen LogP contribution >= 0.6 is 39.7 Å². The molecule has 0 atom stereocenters.